The van der Waals surface area contributed by atoms with Gasteiger partial charge in [-0.2, -0.15) is 0 Å². The predicted molar refractivity (Wildman–Crippen MR) is 61.4 cm³/mol. The van der Waals surface area contributed by atoms with Crippen LogP contribution < -0.4 is 10.6 Å². The van der Waals surface area contributed by atoms with E-state index < -0.39 is 18.1 Å². The van der Waals surface area contributed by atoms with Gasteiger partial charge in [0.2, 0.25) is 5.91 Å². The van der Waals surface area contributed by atoms with Gasteiger partial charge in [-0.05, 0) is 5.92 Å². The van der Waals surface area contributed by atoms with Crippen LogP contribution in [0.4, 0.5) is 0 Å². The number of hydrogen-bond acceptors (Lipinski definition) is 5. The number of ether oxygens (including phenoxy) is 2. The average molecular weight is 244 g/mol. The fourth-order valence-electron chi connectivity index (χ4n) is 1.61. The molecule has 0 spiro atoms. The average Bonchev–Trinajstić information content (AvgIpc) is 2.35. The molecular formula is C11H20N2O4. The second-order valence-electron chi connectivity index (χ2n) is 4.34. The summed E-state index contributed by atoms with van der Waals surface area (Å²) in [5.41, 5.74) is 0. The lowest BCUT2D eigenvalue weighted by atomic mass is 10.0. The van der Waals surface area contributed by atoms with Crippen LogP contribution in [-0.2, 0) is 19.1 Å². The summed E-state index contributed by atoms with van der Waals surface area (Å²) in [6.07, 6.45) is 0. The summed E-state index contributed by atoms with van der Waals surface area (Å²) in [6, 6.07) is -1.01. The van der Waals surface area contributed by atoms with E-state index in [0.29, 0.717) is 19.8 Å². The molecule has 1 heterocycles. The molecule has 2 N–H and O–H groups in total. The van der Waals surface area contributed by atoms with Gasteiger partial charge in [0, 0.05) is 6.54 Å². The van der Waals surface area contributed by atoms with Crippen molar-refractivity contribution in [2.24, 2.45) is 5.92 Å². The molecule has 6 nitrogen and oxygen atoms in total. The number of carbonyl (C=O) groups is 2. The molecule has 0 aromatic carbocycles. The van der Waals surface area contributed by atoms with Crippen molar-refractivity contribution in [3.05, 3.63) is 0 Å². The van der Waals surface area contributed by atoms with E-state index in [9.17, 15) is 9.59 Å². The summed E-state index contributed by atoms with van der Waals surface area (Å²) < 4.78 is 9.85. The Bertz CT molecular complexity index is 275. The zero-order chi connectivity index (χ0) is 12.8. The third-order valence-corrected chi connectivity index (χ3v) is 2.66. The fourth-order valence-corrected chi connectivity index (χ4v) is 1.61. The molecule has 1 aliphatic rings. The number of morpholine rings is 1. The first-order valence-corrected chi connectivity index (χ1v) is 5.75. The molecule has 98 valence electrons. The number of esters is 1. The molecule has 0 aliphatic carbocycles. The zero-order valence-corrected chi connectivity index (χ0v) is 10.5. The fraction of sp³-hybridized carbons (Fsp3) is 0.818. The molecule has 0 aromatic rings. The zero-order valence-electron chi connectivity index (χ0n) is 10.5. The van der Waals surface area contributed by atoms with Crippen molar-refractivity contribution in [2.75, 3.05) is 26.9 Å². The Hall–Kier alpha value is -1.14. The van der Waals surface area contributed by atoms with E-state index in [-0.39, 0.29) is 11.8 Å². The standard InChI is InChI=1S/C11H20N2O4/c1-7(2)9(11(15)16-3)13-10(14)8-6-17-5-4-12-8/h7-9,12H,4-6H2,1-3H3,(H,13,14). The van der Waals surface area contributed by atoms with Gasteiger partial charge in [-0.25, -0.2) is 4.79 Å². The molecule has 1 amide bonds. The van der Waals surface area contributed by atoms with Gasteiger partial charge in [0.1, 0.15) is 12.1 Å². The molecule has 0 saturated carbocycles. The van der Waals surface area contributed by atoms with E-state index in [2.05, 4.69) is 15.4 Å². The summed E-state index contributed by atoms with van der Waals surface area (Å²) in [6.45, 7) is 5.29. The largest absolute Gasteiger partial charge is 0.467 e. The molecule has 0 bridgehead atoms. The maximum atomic E-state index is 11.9. The highest BCUT2D eigenvalue weighted by molar-refractivity contribution is 5.87. The van der Waals surface area contributed by atoms with Gasteiger partial charge in [-0.15, -0.1) is 0 Å². The Kier molecular flexibility index (Phi) is 5.37. The molecule has 1 rings (SSSR count). The SMILES string of the molecule is COC(=O)C(NC(=O)C1COCCN1)C(C)C. The van der Waals surface area contributed by atoms with E-state index >= 15 is 0 Å². The maximum Gasteiger partial charge on any atom is 0.328 e. The molecule has 2 atom stereocenters. The third-order valence-electron chi connectivity index (χ3n) is 2.66. The molecule has 2 unspecified atom stereocenters. The van der Waals surface area contributed by atoms with Crippen LogP contribution >= 0.6 is 0 Å². The number of methoxy groups -OCH3 is 1. The topological polar surface area (TPSA) is 76.7 Å². The van der Waals surface area contributed by atoms with Crippen LogP contribution in [0.1, 0.15) is 13.8 Å². The van der Waals surface area contributed by atoms with E-state index in [1.165, 1.54) is 7.11 Å². The first-order chi connectivity index (χ1) is 8.06. The lowest BCUT2D eigenvalue weighted by Gasteiger charge is -2.26. The second kappa shape index (κ2) is 6.56. The molecule has 1 fully saturated rings. The van der Waals surface area contributed by atoms with E-state index in [4.69, 9.17) is 4.74 Å². The molecule has 1 saturated heterocycles. The lowest BCUT2D eigenvalue weighted by Crippen LogP contribution is -2.56. The monoisotopic (exact) mass is 244 g/mol. The van der Waals surface area contributed by atoms with Gasteiger partial charge >= 0.3 is 5.97 Å². The van der Waals surface area contributed by atoms with Gasteiger partial charge in [0.25, 0.3) is 0 Å². The first kappa shape index (κ1) is 13.9. The molecule has 1 aliphatic heterocycles. The Balaban J connectivity index is 2.54. The number of hydrogen-bond donors (Lipinski definition) is 2. The van der Waals surface area contributed by atoms with Crippen LogP contribution in [0.2, 0.25) is 0 Å². The Morgan fingerprint density at radius 3 is 2.65 bits per heavy atom. The van der Waals surface area contributed by atoms with Crippen LogP contribution in [0.5, 0.6) is 0 Å². The first-order valence-electron chi connectivity index (χ1n) is 5.75. The van der Waals surface area contributed by atoms with Crippen molar-refractivity contribution in [2.45, 2.75) is 25.9 Å². The molecule has 6 heteroatoms. The van der Waals surface area contributed by atoms with Crippen LogP contribution in [-0.4, -0.2) is 50.8 Å². The number of nitrogens with one attached hydrogen (secondary N) is 2. The number of rotatable bonds is 4. The highest BCUT2D eigenvalue weighted by atomic mass is 16.5. The molecule has 0 aromatic heterocycles. The van der Waals surface area contributed by atoms with Gasteiger partial charge in [-0.1, -0.05) is 13.8 Å². The Labute approximate surface area is 101 Å². The van der Waals surface area contributed by atoms with Crippen LogP contribution in [0.3, 0.4) is 0 Å². The normalized spacial score (nSPS) is 22.0. The van der Waals surface area contributed by atoms with Crippen LogP contribution in [0.25, 0.3) is 0 Å². The third kappa shape index (κ3) is 3.98. The van der Waals surface area contributed by atoms with E-state index in [1.54, 1.807) is 0 Å². The van der Waals surface area contributed by atoms with Crippen molar-refractivity contribution in [1.29, 1.82) is 0 Å². The number of carbonyl (C=O) groups excluding carboxylic acids is 2. The van der Waals surface area contributed by atoms with E-state index in [0.717, 1.165) is 0 Å². The summed E-state index contributed by atoms with van der Waals surface area (Å²) in [7, 11) is 1.31. The van der Waals surface area contributed by atoms with Crippen LogP contribution in [0, 0.1) is 5.92 Å². The quantitative estimate of drug-likeness (QED) is 0.639. The van der Waals surface area contributed by atoms with Gasteiger partial charge in [0.15, 0.2) is 0 Å². The predicted octanol–water partition coefficient (Wildman–Crippen LogP) is -0.711. The Morgan fingerprint density at radius 2 is 2.18 bits per heavy atom. The maximum absolute atomic E-state index is 11.9. The molecule has 17 heavy (non-hydrogen) atoms. The number of amides is 1. The minimum Gasteiger partial charge on any atom is -0.467 e. The minimum atomic E-state index is -0.615. The molecule has 0 radical (unpaired) electrons. The summed E-state index contributed by atoms with van der Waals surface area (Å²) >= 11 is 0. The van der Waals surface area contributed by atoms with Gasteiger partial charge < -0.3 is 20.1 Å². The van der Waals surface area contributed by atoms with Crippen molar-refractivity contribution in [3.8, 4) is 0 Å². The summed E-state index contributed by atoms with van der Waals surface area (Å²) in [5, 5.41) is 5.71. The van der Waals surface area contributed by atoms with E-state index in [1.807, 2.05) is 13.8 Å². The molecular weight excluding hydrogens is 224 g/mol. The lowest BCUT2D eigenvalue weighted by molar-refractivity contribution is -0.147. The highest BCUT2D eigenvalue weighted by Gasteiger charge is 2.29. The van der Waals surface area contributed by atoms with Gasteiger partial charge in [-0.3, -0.25) is 4.79 Å². The van der Waals surface area contributed by atoms with Gasteiger partial charge in [0.05, 0.1) is 20.3 Å². The van der Waals surface area contributed by atoms with Crippen molar-refractivity contribution in [3.63, 3.8) is 0 Å². The summed E-state index contributed by atoms with van der Waals surface area (Å²) in [5.74, 6) is -0.671. The smallest absolute Gasteiger partial charge is 0.328 e. The van der Waals surface area contributed by atoms with Crippen molar-refractivity contribution in [1.82, 2.24) is 10.6 Å². The second-order valence-corrected chi connectivity index (χ2v) is 4.34. The highest BCUT2D eigenvalue weighted by Crippen LogP contribution is 2.04. The Morgan fingerprint density at radius 1 is 1.47 bits per heavy atom. The minimum absolute atomic E-state index is 0.0177. The van der Waals surface area contributed by atoms with Crippen molar-refractivity contribution < 1.29 is 19.1 Å². The summed E-state index contributed by atoms with van der Waals surface area (Å²) in [4.78, 5) is 23.4. The van der Waals surface area contributed by atoms with Crippen molar-refractivity contribution >= 4 is 11.9 Å². The van der Waals surface area contributed by atoms with Crippen LogP contribution in [0.15, 0.2) is 0 Å².